The molecule has 1 aromatic carbocycles. The smallest absolute Gasteiger partial charge is 0.306 e. The Bertz CT molecular complexity index is 967. The van der Waals surface area contributed by atoms with E-state index in [0.29, 0.717) is 19.4 Å². The molecular weight excluding hydrogens is 460 g/mol. The molecule has 0 saturated carbocycles. The number of hydrazine groups is 1. The highest BCUT2D eigenvalue weighted by Gasteiger charge is 2.45. The van der Waals surface area contributed by atoms with Crippen LogP contribution >= 0.6 is 0 Å². The molecule has 0 radical (unpaired) electrons. The minimum absolute atomic E-state index is 0.0239. The third-order valence-electron chi connectivity index (χ3n) is 8.03. The molecule has 4 atom stereocenters. The van der Waals surface area contributed by atoms with Crippen molar-refractivity contribution < 1.29 is 14.7 Å². The SMILES string of the molecule is N#CC1CCN(C2NC3CNNC(=O)C3C(Nc3ccc(CN4CCC(C(=O)O)CC4)cc3)N2)CC1. The number of hydrogen-bond donors (Lipinski definition) is 6. The van der Waals surface area contributed by atoms with Crippen LogP contribution in [-0.2, 0) is 16.1 Å². The molecule has 4 saturated heterocycles. The second-order valence-electron chi connectivity index (χ2n) is 10.4. The van der Waals surface area contributed by atoms with E-state index < -0.39 is 5.97 Å². The quantitative estimate of drug-likeness (QED) is 0.320. The first-order chi connectivity index (χ1) is 17.5. The van der Waals surface area contributed by atoms with Gasteiger partial charge in [0.1, 0.15) is 6.29 Å². The van der Waals surface area contributed by atoms with E-state index in [1.165, 1.54) is 5.56 Å². The molecular formula is C25H36N8O3. The zero-order chi connectivity index (χ0) is 25.1. The van der Waals surface area contributed by atoms with E-state index in [9.17, 15) is 20.0 Å². The number of fused-ring (bicyclic) bond motifs is 1. The summed E-state index contributed by atoms with van der Waals surface area (Å²) >= 11 is 0. The molecule has 0 aliphatic carbocycles. The Labute approximate surface area is 211 Å². The van der Waals surface area contributed by atoms with Gasteiger partial charge in [0.15, 0.2) is 0 Å². The molecule has 11 nitrogen and oxygen atoms in total. The highest BCUT2D eigenvalue weighted by Crippen LogP contribution is 2.25. The normalized spacial score (nSPS) is 30.7. The molecule has 1 amide bonds. The minimum atomic E-state index is -0.685. The van der Waals surface area contributed by atoms with Crippen LogP contribution in [0.3, 0.4) is 0 Å². The first-order valence-corrected chi connectivity index (χ1v) is 13.0. The Morgan fingerprint density at radius 3 is 2.47 bits per heavy atom. The van der Waals surface area contributed by atoms with Crippen molar-refractivity contribution >= 4 is 17.6 Å². The maximum atomic E-state index is 12.7. The lowest BCUT2D eigenvalue weighted by Crippen LogP contribution is -2.77. The first kappa shape index (κ1) is 24.9. The number of rotatable bonds is 6. The molecule has 0 bridgehead atoms. The fourth-order valence-electron chi connectivity index (χ4n) is 5.82. The van der Waals surface area contributed by atoms with Gasteiger partial charge in [-0.25, -0.2) is 5.43 Å². The molecule has 194 valence electrons. The predicted molar refractivity (Wildman–Crippen MR) is 133 cm³/mol. The number of hydrogen-bond acceptors (Lipinski definition) is 9. The van der Waals surface area contributed by atoms with E-state index in [1.807, 2.05) is 12.1 Å². The Hall–Kier alpha value is -2.75. The fraction of sp³-hybridized carbons (Fsp3) is 0.640. The number of aliphatic carboxylic acids is 1. The number of nitriles is 1. The third-order valence-corrected chi connectivity index (χ3v) is 8.03. The van der Waals surface area contributed by atoms with Gasteiger partial charge in [0.25, 0.3) is 0 Å². The molecule has 6 N–H and O–H groups in total. The van der Waals surface area contributed by atoms with Gasteiger partial charge in [-0.15, -0.1) is 0 Å². The van der Waals surface area contributed by atoms with Crippen LogP contribution in [0.25, 0.3) is 0 Å². The predicted octanol–water partition coefficient (Wildman–Crippen LogP) is 0.0524. The van der Waals surface area contributed by atoms with Crippen LogP contribution in [0.1, 0.15) is 31.2 Å². The van der Waals surface area contributed by atoms with Gasteiger partial charge in [0.05, 0.1) is 24.1 Å². The number of nitrogens with zero attached hydrogens (tertiary/aromatic N) is 3. The summed E-state index contributed by atoms with van der Waals surface area (Å²) in [4.78, 5) is 28.6. The lowest BCUT2D eigenvalue weighted by atomic mass is 9.90. The summed E-state index contributed by atoms with van der Waals surface area (Å²) < 4.78 is 0. The number of carbonyl (C=O) groups excluding carboxylic acids is 1. The molecule has 4 unspecified atom stereocenters. The molecule has 11 heteroatoms. The van der Waals surface area contributed by atoms with Gasteiger partial charge in [-0.3, -0.25) is 35.4 Å². The number of carboxylic acid groups (broad SMARTS) is 1. The van der Waals surface area contributed by atoms with Gasteiger partial charge in [-0.05, 0) is 56.5 Å². The average Bonchev–Trinajstić information content (AvgIpc) is 2.90. The number of likely N-dealkylation sites (tertiary alicyclic amines) is 2. The van der Waals surface area contributed by atoms with Crippen LogP contribution in [0.2, 0.25) is 0 Å². The standard InChI is InChI=1S/C25H36N8O3/c26-13-16-5-11-33(12-6-16)25-29-20-14-27-31-23(34)21(20)22(30-25)28-19-3-1-17(2-4-19)15-32-9-7-18(8-10-32)24(35)36/h1-4,16,18,20-22,25,27-30H,5-12,14-15H2,(H,31,34)(H,35,36). The maximum absolute atomic E-state index is 12.7. The van der Waals surface area contributed by atoms with Crippen LogP contribution in [0.4, 0.5) is 5.69 Å². The molecule has 1 aromatic rings. The van der Waals surface area contributed by atoms with Gasteiger partial charge >= 0.3 is 5.97 Å². The fourth-order valence-corrected chi connectivity index (χ4v) is 5.82. The first-order valence-electron chi connectivity index (χ1n) is 13.0. The topological polar surface area (TPSA) is 145 Å². The van der Waals surface area contributed by atoms with E-state index in [0.717, 1.165) is 51.3 Å². The Morgan fingerprint density at radius 2 is 1.81 bits per heavy atom. The van der Waals surface area contributed by atoms with Gasteiger partial charge in [-0.2, -0.15) is 5.26 Å². The van der Waals surface area contributed by atoms with Crippen molar-refractivity contribution in [3.8, 4) is 6.07 Å². The highest BCUT2D eigenvalue weighted by molar-refractivity contribution is 5.81. The zero-order valence-corrected chi connectivity index (χ0v) is 20.4. The number of piperidine rings is 2. The van der Waals surface area contributed by atoms with Crippen LogP contribution in [0.5, 0.6) is 0 Å². The van der Waals surface area contributed by atoms with Crippen molar-refractivity contribution in [1.82, 2.24) is 31.3 Å². The number of carbonyl (C=O) groups is 2. The lowest BCUT2D eigenvalue weighted by Gasteiger charge is -2.49. The van der Waals surface area contributed by atoms with Gasteiger partial charge in [0.2, 0.25) is 5.91 Å². The molecule has 0 spiro atoms. The second kappa shape index (κ2) is 11.1. The minimum Gasteiger partial charge on any atom is -0.481 e. The van der Waals surface area contributed by atoms with Crippen molar-refractivity contribution in [3.63, 3.8) is 0 Å². The molecule has 4 aliphatic heterocycles. The summed E-state index contributed by atoms with van der Waals surface area (Å²) in [5, 5.41) is 29.2. The monoisotopic (exact) mass is 496 g/mol. The summed E-state index contributed by atoms with van der Waals surface area (Å²) in [6.07, 6.45) is 2.78. The molecule has 4 aliphatic rings. The van der Waals surface area contributed by atoms with Crippen molar-refractivity contribution in [3.05, 3.63) is 29.8 Å². The summed E-state index contributed by atoms with van der Waals surface area (Å²) in [5.74, 6) is -1.12. The number of anilines is 1. The Balaban J connectivity index is 1.21. The van der Waals surface area contributed by atoms with Crippen molar-refractivity contribution in [2.45, 2.75) is 50.7 Å². The van der Waals surface area contributed by atoms with Crippen LogP contribution in [0, 0.1) is 29.1 Å². The number of carboxylic acids is 1. The average molecular weight is 497 g/mol. The molecule has 4 heterocycles. The number of benzene rings is 1. The van der Waals surface area contributed by atoms with Crippen LogP contribution < -0.4 is 26.8 Å². The lowest BCUT2D eigenvalue weighted by molar-refractivity contribution is -0.143. The summed E-state index contributed by atoms with van der Waals surface area (Å²) in [6.45, 7) is 4.72. The van der Waals surface area contributed by atoms with Gasteiger partial charge in [-0.1, -0.05) is 12.1 Å². The molecule has 0 aromatic heterocycles. The molecule has 36 heavy (non-hydrogen) atoms. The summed E-state index contributed by atoms with van der Waals surface area (Å²) in [5.41, 5.74) is 7.89. The van der Waals surface area contributed by atoms with E-state index in [1.54, 1.807) is 0 Å². The number of amides is 1. The van der Waals surface area contributed by atoms with E-state index in [4.69, 9.17) is 0 Å². The van der Waals surface area contributed by atoms with E-state index in [-0.39, 0.29) is 42.2 Å². The van der Waals surface area contributed by atoms with Crippen LogP contribution in [0.15, 0.2) is 24.3 Å². The summed E-state index contributed by atoms with van der Waals surface area (Å²) in [6, 6.07) is 10.6. The molecule has 4 fully saturated rings. The third kappa shape index (κ3) is 5.63. The van der Waals surface area contributed by atoms with E-state index in [2.05, 4.69) is 54.8 Å². The largest absolute Gasteiger partial charge is 0.481 e. The number of nitrogens with one attached hydrogen (secondary N) is 5. The van der Waals surface area contributed by atoms with E-state index >= 15 is 0 Å². The zero-order valence-electron chi connectivity index (χ0n) is 20.4. The van der Waals surface area contributed by atoms with Crippen molar-refractivity contribution in [1.29, 1.82) is 5.26 Å². The van der Waals surface area contributed by atoms with Gasteiger partial charge < -0.3 is 10.4 Å². The Morgan fingerprint density at radius 1 is 1.08 bits per heavy atom. The Kier molecular flexibility index (Phi) is 7.69. The van der Waals surface area contributed by atoms with Crippen molar-refractivity contribution in [2.75, 3.05) is 38.0 Å². The highest BCUT2D eigenvalue weighted by atomic mass is 16.4. The van der Waals surface area contributed by atoms with Crippen molar-refractivity contribution in [2.24, 2.45) is 17.8 Å². The second-order valence-corrected chi connectivity index (χ2v) is 10.4. The van der Waals surface area contributed by atoms with Gasteiger partial charge in [0, 0.05) is 43.8 Å². The summed E-state index contributed by atoms with van der Waals surface area (Å²) in [7, 11) is 0. The van der Waals surface area contributed by atoms with Crippen LogP contribution in [-0.4, -0.2) is 78.0 Å². The molecule has 5 rings (SSSR count). The maximum Gasteiger partial charge on any atom is 0.306 e.